The Labute approximate surface area is 140 Å². The average Bonchev–Trinajstić information content (AvgIpc) is 2.70. The number of nitriles is 1. The lowest BCUT2D eigenvalue weighted by Gasteiger charge is -2.23. The summed E-state index contributed by atoms with van der Waals surface area (Å²) < 4.78 is 0. The third kappa shape index (κ3) is 3.54. The van der Waals surface area contributed by atoms with Crippen molar-refractivity contribution in [2.24, 2.45) is 5.92 Å². The van der Waals surface area contributed by atoms with E-state index in [0.29, 0.717) is 17.7 Å². The van der Waals surface area contributed by atoms with Crippen molar-refractivity contribution in [2.45, 2.75) is 32.7 Å². The monoisotopic (exact) mass is 328 g/mol. The molecule has 126 valence electrons. The molecule has 1 aliphatic heterocycles. The van der Waals surface area contributed by atoms with E-state index in [1.165, 1.54) is 0 Å². The highest BCUT2D eigenvalue weighted by Gasteiger charge is 2.48. The number of nitrogens with one attached hydrogen (secondary N) is 2. The van der Waals surface area contributed by atoms with E-state index in [1.807, 2.05) is 19.9 Å². The second-order valence-electron chi connectivity index (χ2n) is 6.46. The summed E-state index contributed by atoms with van der Waals surface area (Å²) in [6, 6.07) is 7.92. The largest absolute Gasteiger partial charge is 0.325 e. The van der Waals surface area contributed by atoms with Crippen molar-refractivity contribution in [3.8, 4) is 6.07 Å². The molecule has 7 heteroatoms. The van der Waals surface area contributed by atoms with Crippen LogP contribution in [0.25, 0.3) is 0 Å². The number of imide groups is 1. The van der Waals surface area contributed by atoms with E-state index in [-0.39, 0.29) is 5.92 Å². The molecule has 7 nitrogen and oxygen atoms in total. The first-order valence-corrected chi connectivity index (χ1v) is 7.70. The number of anilines is 1. The summed E-state index contributed by atoms with van der Waals surface area (Å²) in [5.74, 6) is -0.726. The second kappa shape index (κ2) is 6.71. The van der Waals surface area contributed by atoms with Crippen LogP contribution >= 0.6 is 0 Å². The van der Waals surface area contributed by atoms with E-state index in [9.17, 15) is 14.4 Å². The standard InChI is InChI=1S/C17H20N4O3/c1-11(2)8-17(3)15(23)21(16(24)20-17)10-14(22)19-13-7-5-4-6-12(13)9-18/h4-7,11H,8,10H2,1-3H3,(H,19,22)(H,20,24)/t17-/m1/s1. The van der Waals surface area contributed by atoms with Crippen LogP contribution in [0.2, 0.25) is 0 Å². The predicted molar refractivity (Wildman–Crippen MR) is 87.9 cm³/mol. The number of para-hydroxylation sites is 1. The molecule has 1 aromatic carbocycles. The predicted octanol–water partition coefficient (Wildman–Crippen LogP) is 1.85. The van der Waals surface area contributed by atoms with E-state index in [0.717, 1.165) is 4.90 Å². The highest BCUT2D eigenvalue weighted by Crippen LogP contribution is 2.25. The molecular weight excluding hydrogens is 308 g/mol. The molecule has 1 aromatic rings. The number of rotatable bonds is 5. The molecule has 4 amide bonds. The Balaban J connectivity index is 2.08. The number of hydrogen-bond donors (Lipinski definition) is 2. The molecule has 0 spiro atoms. The molecule has 0 aromatic heterocycles. The molecule has 0 radical (unpaired) electrons. The van der Waals surface area contributed by atoms with Crippen LogP contribution in [0.1, 0.15) is 32.8 Å². The quantitative estimate of drug-likeness (QED) is 0.805. The number of hydrogen-bond acceptors (Lipinski definition) is 4. The van der Waals surface area contributed by atoms with Crippen LogP contribution in [0, 0.1) is 17.2 Å². The fraction of sp³-hybridized carbons (Fsp3) is 0.412. The van der Waals surface area contributed by atoms with E-state index in [4.69, 9.17) is 5.26 Å². The number of nitrogens with zero attached hydrogens (tertiary/aromatic N) is 2. The summed E-state index contributed by atoms with van der Waals surface area (Å²) >= 11 is 0. The Hall–Kier alpha value is -2.88. The first-order chi connectivity index (χ1) is 11.3. The number of amides is 4. The summed E-state index contributed by atoms with van der Waals surface area (Å²) in [5.41, 5.74) is -0.328. The van der Waals surface area contributed by atoms with Crippen LogP contribution in [0.5, 0.6) is 0 Å². The molecule has 1 aliphatic rings. The fourth-order valence-corrected chi connectivity index (χ4v) is 2.87. The number of carbonyl (C=O) groups excluding carboxylic acids is 3. The minimum atomic E-state index is -0.990. The van der Waals surface area contributed by atoms with Crippen LogP contribution in [0.3, 0.4) is 0 Å². The number of urea groups is 1. The third-order valence-electron chi connectivity index (χ3n) is 3.78. The van der Waals surface area contributed by atoms with Crippen molar-refractivity contribution < 1.29 is 14.4 Å². The van der Waals surface area contributed by atoms with E-state index in [1.54, 1.807) is 31.2 Å². The maximum Gasteiger partial charge on any atom is 0.325 e. The minimum absolute atomic E-state index is 0.218. The summed E-state index contributed by atoms with van der Waals surface area (Å²) in [6.45, 7) is 5.19. The Bertz CT molecular complexity index is 723. The summed E-state index contributed by atoms with van der Waals surface area (Å²) in [7, 11) is 0. The van der Waals surface area contributed by atoms with E-state index in [2.05, 4.69) is 10.6 Å². The second-order valence-corrected chi connectivity index (χ2v) is 6.46. The lowest BCUT2D eigenvalue weighted by Crippen LogP contribution is -2.45. The smallest absolute Gasteiger partial charge is 0.323 e. The molecule has 24 heavy (non-hydrogen) atoms. The zero-order chi connectivity index (χ0) is 17.9. The van der Waals surface area contributed by atoms with Crippen molar-refractivity contribution in [1.82, 2.24) is 10.2 Å². The van der Waals surface area contributed by atoms with Crippen LogP contribution in [0.15, 0.2) is 24.3 Å². The van der Waals surface area contributed by atoms with Crippen LogP contribution < -0.4 is 10.6 Å². The van der Waals surface area contributed by atoms with Crippen molar-refractivity contribution >= 4 is 23.5 Å². The Morgan fingerprint density at radius 2 is 2.04 bits per heavy atom. The van der Waals surface area contributed by atoms with Crippen molar-refractivity contribution in [3.05, 3.63) is 29.8 Å². The molecule has 1 heterocycles. The van der Waals surface area contributed by atoms with Gasteiger partial charge in [0, 0.05) is 0 Å². The molecule has 2 N–H and O–H groups in total. The highest BCUT2D eigenvalue weighted by atomic mass is 16.2. The van der Waals surface area contributed by atoms with E-state index < -0.39 is 29.9 Å². The van der Waals surface area contributed by atoms with Gasteiger partial charge >= 0.3 is 6.03 Å². The van der Waals surface area contributed by atoms with Gasteiger partial charge in [-0.15, -0.1) is 0 Å². The molecule has 1 saturated heterocycles. The van der Waals surface area contributed by atoms with Gasteiger partial charge in [-0.2, -0.15) is 5.26 Å². The van der Waals surface area contributed by atoms with Crippen LogP contribution in [-0.2, 0) is 9.59 Å². The molecule has 2 rings (SSSR count). The Morgan fingerprint density at radius 1 is 1.38 bits per heavy atom. The lowest BCUT2D eigenvalue weighted by molar-refractivity contribution is -0.133. The maximum absolute atomic E-state index is 12.5. The first-order valence-electron chi connectivity index (χ1n) is 7.70. The van der Waals surface area contributed by atoms with Gasteiger partial charge < -0.3 is 10.6 Å². The van der Waals surface area contributed by atoms with Gasteiger partial charge in [0.05, 0.1) is 11.3 Å². The first kappa shape index (κ1) is 17.5. The molecule has 0 saturated carbocycles. The van der Waals surface area contributed by atoms with Crippen LogP contribution in [-0.4, -0.2) is 34.8 Å². The Kier molecular flexibility index (Phi) is 4.88. The van der Waals surface area contributed by atoms with Gasteiger partial charge in [0.1, 0.15) is 18.2 Å². The molecule has 0 unspecified atom stereocenters. The Morgan fingerprint density at radius 3 is 2.67 bits per heavy atom. The van der Waals surface area contributed by atoms with Gasteiger partial charge in [-0.25, -0.2) is 4.79 Å². The van der Waals surface area contributed by atoms with Gasteiger partial charge in [-0.05, 0) is 31.4 Å². The summed E-state index contributed by atoms with van der Waals surface area (Å²) in [4.78, 5) is 37.6. The average molecular weight is 328 g/mol. The van der Waals surface area contributed by atoms with Gasteiger partial charge in [0.15, 0.2) is 0 Å². The van der Waals surface area contributed by atoms with Gasteiger partial charge in [-0.3, -0.25) is 14.5 Å². The van der Waals surface area contributed by atoms with Gasteiger partial charge in [0.25, 0.3) is 5.91 Å². The van der Waals surface area contributed by atoms with Gasteiger partial charge in [-0.1, -0.05) is 26.0 Å². The zero-order valence-corrected chi connectivity index (χ0v) is 13.9. The summed E-state index contributed by atoms with van der Waals surface area (Å²) in [6.07, 6.45) is 0.493. The molecular formula is C17H20N4O3. The van der Waals surface area contributed by atoms with Crippen molar-refractivity contribution in [2.75, 3.05) is 11.9 Å². The zero-order valence-electron chi connectivity index (χ0n) is 13.9. The molecule has 1 fully saturated rings. The number of carbonyl (C=O) groups is 3. The van der Waals surface area contributed by atoms with Crippen molar-refractivity contribution in [3.63, 3.8) is 0 Å². The van der Waals surface area contributed by atoms with E-state index >= 15 is 0 Å². The third-order valence-corrected chi connectivity index (χ3v) is 3.78. The highest BCUT2D eigenvalue weighted by molar-refractivity contribution is 6.10. The lowest BCUT2D eigenvalue weighted by atomic mass is 9.91. The minimum Gasteiger partial charge on any atom is -0.323 e. The number of benzene rings is 1. The fourth-order valence-electron chi connectivity index (χ4n) is 2.87. The molecule has 0 bridgehead atoms. The van der Waals surface area contributed by atoms with Gasteiger partial charge in [0.2, 0.25) is 5.91 Å². The summed E-state index contributed by atoms with van der Waals surface area (Å²) in [5, 5.41) is 14.2. The van der Waals surface area contributed by atoms with Crippen molar-refractivity contribution in [1.29, 1.82) is 5.26 Å². The topological polar surface area (TPSA) is 102 Å². The molecule has 0 aliphatic carbocycles. The SMILES string of the molecule is CC(C)C[C@@]1(C)NC(=O)N(CC(=O)Nc2ccccc2C#N)C1=O. The normalized spacial score (nSPS) is 20.0. The maximum atomic E-state index is 12.5. The van der Waals surface area contributed by atoms with Crippen LogP contribution in [0.4, 0.5) is 10.5 Å². The molecule has 1 atom stereocenters.